The third-order valence-electron chi connectivity index (χ3n) is 2.85. The van der Waals surface area contributed by atoms with Crippen molar-refractivity contribution in [2.24, 2.45) is 0 Å². The van der Waals surface area contributed by atoms with Gasteiger partial charge in [-0.1, -0.05) is 26.2 Å². The molecule has 108 valence electrons. The molecule has 0 bridgehead atoms. The molecule has 1 aromatic rings. The van der Waals surface area contributed by atoms with Crippen LogP contribution in [0.1, 0.15) is 59.1 Å². The molecule has 0 unspecified atom stereocenters. The van der Waals surface area contributed by atoms with Gasteiger partial charge < -0.3 is 10.1 Å². The van der Waals surface area contributed by atoms with Crippen LogP contribution in [0.4, 0.5) is 0 Å². The lowest BCUT2D eigenvalue weighted by atomic mass is 10.1. The Morgan fingerprint density at radius 3 is 2.68 bits per heavy atom. The van der Waals surface area contributed by atoms with Crippen molar-refractivity contribution >= 4 is 0 Å². The van der Waals surface area contributed by atoms with Gasteiger partial charge in [-0.3, -0.25) is 4.98 Å². The Hall–Kier alpha value is -1.09. The molecule has 0 amide bonds. The third-order valence-corrected chi connectivity index (χ3v) is 2.85. The number of hydrogen-bond donors (Lipinski definition) is 1. The highest BCUT2D eigenvalue weighted by atomic mass is 16.5. The number of unbranched alkanes of at least 4 members (excludes halogenated alkanes) is 3. The van der Waals surface area contributed by atoms with Crippen molar-refractivity contribution in [3.63, 3.8) is 0 Å². The van der Waals surface area contributed by atoms with E-state index >= 15 is 0 Å². The number of ether oxygens (including phenoxy) is 1. The summed E-state index contributed by atoms with van der Waals surface area (Å²) < 4.78 is 5.76. The van der Waals surface area contributed by atoms with Gasteiger partial charge in [0, 0.05) is 24.3 Å². The Kier molecular flexibility index (Phi) is 6.85. The summed E-state index contributed by atoms with van der Waals surface area (Å²) in [6, 6.07) is 3.96. The predicted molar refractivity (Wildman–Crippen MR) is 80.5 cm³/mol. The number of pyridine rings is 1. The van der Waals surface area contributed by atoms with Crippen LogP contribution in [-0.2, 0) is 6.54 Å². The van der Waals surface area contributed by atoms with Crippen molar-refractivity contribution in [2.75, 3.05) is 6.61 Å². The van der Waals surface area contributed by atoms with E-state index in [-0.39, 0.29) is 5.54 Å². The quantitative estimate of drug-likeness (QED) is 0.722. The van der Waals surface area contributed by atoms with Crippen LogP contribution in [-0.4, -0.2) is 17.1 Å². The van der Waals surface area contributed by atoms with Crippen LogP contribution in [0.5, 0.6) is 5.75 Å². The molecule has 0 radical (unpaired) electrons. The molecule has 0 aliphatic heterocycles. The zero-order valence-corrected chi connectivity index (χ0v) is 12.8. The third kappa shape index (κ3) is 7.83. The van der Waals surface area contributed by atoms with Crippen molar-refractivity contribution in [3.05, 3.63) is 24.0 Å². The molecule has 1 N–H and O–H groups in total. The van der Waals surface area contributed by atoms with Gasteiger partial charge in [0.2, 0.25) is 0 Å². The lowest BCUT2D eigenvalue weighted by Gasteiger charge is -2.20. The molecule has 0 saturated carbocycles. The molecular weight excluding hydrogens is 236 g/mol. The van der Waals surface area contributed by atoms with Gasteiger partial charge in [-0.15, -0.1) is 0 Å². The van der Waals surface area contributed by atoms with Crippen molar-refractivity contribution in [2.45, 2.75) is 65.5 Å². The average molecular weight is 264 g/mol. The molecule has 1 aromatic heterocycles. The molecule has 3 nitrogen and oxygen atoms in total. The minimum absolute atomic E-state index is 0.110. The summed E-state index contributed by atoms with van der Waals surface area (Å²) in [4.78, 5) is 4.36. The summed E-state index contributed by atoms with van der Waals surface area (Å²) >= 11 is 0. The molecule has 3 heteroatoms. The molecule has 1 rings (SSSR count). The van der Waals surface area contributed by atoms with Crippen LogP contribution in [0.25, 0.3) is 0 Å². The van der Waals surface area contributed by atoms with E-state index in [1.165, 1.54) is 19.3 Å². The first-order chi connectivity index (χ1) is 9.01. The van der Waals surface area contributed by atoms with Crippen LogP contribution in [0, 0.1) is 0 Å². The van der Waals surface area contributed by atoms with E-state index in [0.29, 0.717) is 0 Å². The molecule has 0 aliphatic rings. The van der Waals surface area contributed by atoms with Crippen molar-refractivity contribution in [3.8, 4) is 5.75 Å². The molecule has 0 aromatic carbocycles. The second kappa shape index (κ2) is 8.16. The van der Waals surface area contributed by atoms with Crippen LogP contribution < -0.4 is 10.1 Å². The van der Waals surface area contributed by atoms with Gasteiger partial charge in [0.25, 0.3) is 0 Å². The van der Waals surface area contributed by atoms with Crippen molar-refractivity contribution < 1.29 is 4.74 Å². The number of nitrogens with zero attached hydrogens (tertiary/aromatic N) is 1. The minimum atomic E-state index is 0.110. The molecular formula is C16H28N2O. The SMILES string of the molecule is CCCCCCOc1ccnc(CNC(C)(C)C)c1. The monoisotopic (exact) mass is 264 g/mol. The van der Waals surface area contributed by atoms with Gasteiger partial charge in [0.05, 0.1) is 12.3 Å². The van der Waals surface area contributed by atoms with E-state index in [1.54, 1.807) is 0 Å². The number of nitrogens with one attached hydrogen (secondary N) is 1. The van der Waals surface area contributed by atoms with Gasteiger partial charge in [0.1, 0.15) is 5.75 Å². The largest absolute Gasteiger partial charge is 0.493 e. The number of hydrogen-bond acceptors (Lipinski definition) is 3. The Morgan fingerprint density at radius 1 is 1.21 bits per heavy atom. The van der Waals surface area contributed by atoms with Crippen LogP contribution in [0.2, 0.25) is 0 Å². The Bertz CT molecular complexity index is 358. The van der Waals surface area contributed by atoms with E-state index < -0.39 is 0 Å². The fraction of sp³-hybridized carbons (Fsp3) is 0.688. The smallest absolute Gasteiger partial charge is 0.122 e. The highest BCUT2D eigenvalue weighted by molar-refractivity contribution is 5.22. The summed E-state index contributed by atoms with van der Waals surface area (Å²) in [5, 5.41) is 3.43. The molecule has 0 atom stereocenters. The van der Waals surface area contributed by atoms with Gasteiger partial charge in [0.15, 0.2) is 0 Å². The van der Waals surface area contributed by atoms with Gasteiger partial charge >= 0.3 is 0 Å². The zero-order valence-electron chi connectivity index (χ0n) is 12.8. The van der Waals surface area contributed by atoms with Crippen molar-refractivity contribution in [1.29, 1.82) is 0 Å². The fourth-order valence-corrected chi connectivity index (χ4v) is 1.72. The Labute approximate surface area is 117 Å². The first kappa shape index (κ1) is 16.0. The summed E-state index contributed by atoms with van der Waals surface area (Å²) in [6.45, 7) is 10.3. The van der Waals surface area contributed by atoms with Crippen molar-refractivity contribution in [1.82, 2.24) is 10.3 Å². The standard InChI is InChI=1S/C16H28N2O/c1-5-6-7-8-11-19-15-9-10-17-14(12-15)13-18-16(2,3)4/h9-10,12,18H,5-8,11,13H2,1-4H3. The molecule has 0 fully saturated rings. The molecule has 0 saturated heterocycles. The number of aromatic nitrogens is 1. The van der Waals surface area contributed by atoms with E-state index in [0.717, 1.165) is 31.0 Å². The molecule has 0 spiro atoms. The van der Waals surface area contributed by atoms with Crippen LogP contribution >= 0.6 is 0 Å². The minimum Gasteiger partial charge on any atom is -0.493 e. The predicted octanol–water partition coefficient (Wildman–Crippen LogP) is 3.93. The molecule has 0 aliphatic carbocycles. The summed E-state index contributed by atoms with van der Waals surface area (Å²) in [7, 11) is 0. The lowest BCUT2D eigenvalue weighted by molar-refractivity contribution is 0.304. The van der Waals surface area contributed by atoms with E-state index in [1.807, 2.05) is 18.3 Å². The highest BCUT2D eigenvalue weighted by Gasteiger charge is 2.09. The average Bonchev–Trinajstić information content (AvgIpc) is 2.36. The first-order valence-electron chi connectivity index (χ1n) is 7.34. The van der Waals surface area contributed by atoms with Gasteiger partial charge in [-0.05, 0) is 33.3 Å². The maximum Gasteiger partial charge on any atom is 0.122 e. The normalized spacial score (nSPS) is 11.6. The van der Waals surface area contributed by atoms with E-state index in [9.17, 15) is 0 Å². The molecule has 19 heavy (non-hydrogen) atoms. The second-order valence-corrected chi connectivity index (χ2v) is 6.00. The van der Waals surface area contributed by atoms with Gasteiger partial charge in [-0.25, -0.2) is 0 Å². The van der Waals surface area contributed by atoms with Crippen LogP contribution in [0.15, 0.2) is 18.3 Å². The Balaban J connectivity index is 2.35. The number of rotatable bonds is 8. The van der Waals surface area contributed by atoms with E-state index in [4.69, 9.17) is 4.74 Å². The topological polar surface area (TPSA) is 34.1 Å². The molecule has 1 heterocycles. The maximum absolute atomic E-state index is 5.76. The fourth-order valence-electron chi connectivity index (χ4n) is 1.72. The van der Waals surface area contributed by atoms with Crippen LogP contribution in [0.3, 0.4) is 0 Å². The second-order valence-electron chi connectivity index (χ2n) is 6.00. The lowest BCUT2D eigenvalue weighted by Crippen LogP contribution is -2.35. The highest BCUT2D eigenvalue weighted by Crippen LogP contribution is 2.13. The maximum atomic E-state index is 5.76. The first-order valence-corrected chi connectivity index (χ1v) is 7.34. The Morgan fingerprint density at radius 2 is 2.00 bits per heavy atom. The zero-order chi connectivity index (χ0) is 14.1. The van der Waals surface area contributed by atoms with Gasteiger partial charge in [-0.2, -0.15) is 0 Å². The summed E-state index contributed by atoms with van der Waals surface area (Å²) in [6.07, 6.45) is 6.76. The van der Waals surface area contributed by atoms with E-state index in [2.05, 4.69) is 38.0 Å². The summed E-state index contributed by atoms with van der Waals surface area (Å²) in [5.74, 6) is 0.928. The summed E-state index contributed by atoms with van der Waals surface area (Å²) in [5.41, 5.74) is 1.14.